The van der Waals surface area contributed by atoms with Gasteiger partial charge in [-0.1, -0.05) is 55.1 Å². The summed E-state index contributed by atoms with van der Waals surface area (Å²) < 4.78 is 1.43. The third-order valence-electron chi connectivity index (χ3n) is 6.21. The molecule has 0 spiro atoms. The molecule has 0 aliphatic carbocycles. The van der Waals surface area contributed by atoms with Gasteiger partial charge in [0.2, 0.25) is 0 Å². The van der Waals surface area contributed by atoms with Crippen molar-refractivity contribution in [3.8, 4) is 11.1 Å². The Labute approximate surface area is 190 Å². The van der Waals surface area contributed by atoms with Gasteiger partial charge in [0.25, 0.3) is 0 Å². The largest absolute Gasteiger partial charge is 0.347 e. The van der Waals surface area contributed by atoms with Crippen LogP contribution in [0.4, 0.5) is 10.5 Å². The zero-order chi connectivity index (χ0) is 22.7. The first-order valence-corrected chi connectivity index (χ1v) is 11.0. The van der Waals surface area contributed by atoms with Crippen molar-refractivity contribution in [3.05, 3.63) is 84.3 Å². The van der Waals surface area contributed by atoms with Crippen LogP contribution in [0.3, 0.4) is 0 Å². The molecule has 1 aliphatic heterocycles. The first kappa shape index (κ1) is 21.8. The Hall–Kier alpha value is -3.38. The molecule has 166 valence electrons. The van der Waals surface area contributed by atoms with E-state index in [0.29, 0.717) is 13.1 Å². The Morgan fingerprint density at radius 1 is 1.06 bits per heavy atom. The molecule has 0 N–H and O–H groups in total. The molecule has 1 saturated heterocycles. The fourth-order valence-electron chi connectivity index (χ4n) is 3.98. The number of carbonyl (C=O) groups excluding carboxylic acids is 1. The summed E-state index contributed by atoms with van der Waals surface area (Å²) >= 11 is 0. The molecule has 4 rings (SSSR count). The van der Waals surface area contributed by atoms with Gasteiger partial charge in [0.05, 0.1) is 18.1 Å². The summed E-state index contributed by atoms with van der Waals surface area (Å²) in [6, 6.07) is 17.1. The van der Waals surface area contributed by atoms with Crippen LogP contribution in [-0.4, -0.2) is 58.8 Å². The molecule has 0 atom stereocenters. The molecule has 2 aromatic carbocycles. The number of anilines is 1. The van der Waals surface area contributed by atoms with Gasteiger partial charge in [0, 0.05) is 45.5 Å². The fraction of sp³-hybridized carbons (Fsp3) is 0.308. The molecule has 6 nitrogen and oxygen atoms in total. The minimum atomic E-state index is -0.0746. The van der Waals surface area contributed by atoms with E-state index in [2.05, 4.69) is 66.0 Å². The van der Waals surface area contributed by atoms with Crippen LogP contribution in [-0.2, 0) is 6.54 Å². The smallest absolute Gasteiger partial charge is 0.344 e. The topological polar surface area (TPSA) is 44.6 Å². The van der Waals surface area contributed by atoms with Crippen molar-refractivity contribution < 1.29 is 4.79 Å². The maximum Gasteiger partial charge on any atom is 0.344 e. The molecular formula is C26H31N5O. The van der Waals surface area contributed by atoms with Gasteiger partial charge in [-0.05, 0) is 36.1 Å². The molecule has 1 amide bonds. The predicted molar refractivity (Wildman–Crippen MR) is 130 cm³/mol. The van der Waals surface area contributed by atoms with Crippen molar-refractivity contribution in [1.82, 2.24) is 19.6 Å². The predicted octanol–water partition coefficient (Wildman–Crippen LogP) is 4.61. The van der Waals surface area contributed by atoms with E-state index < -0.39 is 0 Å². The Morgan fingerprint density at radius 2 is 1.78 bits per heavy atom. The van der Waals surface area contributed by atoms with Crippen LogP contribution in [0.25, 0.3) is 11.1 Å². The van der Waals surface area contributed by atoms with Crippen molar-refractivity contribution in [2.45, 2.75) is 20.4 Å². The van der Waals surface area contributed by atoms with E-state index in [0.717, 1.165) is 31.0 Å². The normalized spacial score (nSPS) is 14.4. The Kier molecular flexibility index (Phi) is 6.42. The van der Waals surface area contributed by atoms with Gasteiger partial charge >= 0.3 is 6.03 Å². The summed E-state index contributed by atoms with van der Waals surface area (Å²) in [6.45, 7) is 12.0. The summed E-state index contributed by atoms with van der Waals surface area (Å²) in [7, 11) is 1.92. The van der Waals surface area contributed by atoms with Crippen molar-refractivity contribution >= 4 is 11.7 Å². The molecule has 0 radical (unpaired) electrons. The van der Waals surface area contributed by atoms with Crippen LogP contribution in [0.1, 0.15) is 18.1 Å². The number of piperazine rings is 1. The van der Waals surface area contributed by atoms with Crippen LogP contribution in [0.5, 0.6) is 0 Å². The third-order valence-corrected chi connectivity index (χ3v) is 6.21. The molecule has 1 fully saturated rings. The van der Waals surface area contributed by atoms with Crippen LogP contribution < -0.4 is 4.90 Å². The molecule has 0 unspecified atom stereocenters. The number of aryl methyl sites for hydroxylation is 1. The van der Waals surface area contributed by atoms with Crippen molar-refractivity contribution in [2.75, 3.05) is 38.1 Å². The molecule has 32 heavy (non-hydrogen) atoms. The van der Waals surface area contributed by atoms with Crippen molar-refractivity contribution in [2.24, 2.45) is 0 Å². The quantitative estimate of drug-likeness (QED) is 0.594. The second-order valence-corrected chi connectivity index (χ2v) is 8.49. The van der Waals surface area contributed by atoms with Gasteiger partial charge < -0.3 is 9.80 Å². The molecule has 0 bridgehead atoms. The summed E-state index contributed by atoms with van der Waals surface area (Å²) in [4.78, 5) is 19.1. The summed E-state index contributed by atoms with van der Waals surface area (Å²) in [5.41, 5.74) is 6.89. The van der Waals surface area contributed by atoms with Gasteiger partial charge in [-0.25, -0.2) is 4.79 Å². The third kappa shape index (κ3) is 4.75. The summed E-state index contributed by atoms with van der Waals surface area (Å²) in [6.07, 6.45) is 3.46. The Bertz CT molecular complexity index is 1100. The van der Waals surface area contributed by atoms with Crippen LogP contribution >= 0.6 is 0 Å². The maximum absolute atomic E-state index is 12.9. The SMILES string of the molecule is C=C(C)N(C)c1cnn(C(=O)N2CCN(Cc3ccc(-c4ccccc4)cc3C)CC2)c1. The number of allylic oxidation sites excluding steroid dienone is 1. The minimum Gasteiger partial charge on any atom is -0.347 e. The number of hydrogen-bond donors (Lipinski definition) is 0. The summed E-state index contributed by atoms with van der Waals surface area (Å²) in [5, 5.41) is 4.26. The highest BCUT2D eigenvalue weighted by atomic mass is 16.2. The first-order chi connectivity index (χ1) is 15.4. The lowest BCUT2D eigenvalue weighted by Crippen LogP contribution is -2.49. The average molecular weight is 430 g/mol. The molecule has 6 heteroatoms. The molecular weight excluding hydrogens is 398 g/mol. The maximum atomic E-state index is 12.9. The minimum absolute atomic E-state index is 0.0746. The van der Waals surface area contributed by atoms with Crippen LogP contribution in [0.15, 0.2) is 73.2 Å². The number of rotatable bonds is 5. The van der Waals surface area contributed by atoms with E-state index in [1.807, 2.05) is 29.8 Å². The van der Waals surface area contributed by atoms with E-state index >= 15 is 0 Å². The van der Waals surface area contributed by atoms with E-state index in [-0.39, 0.29) is 6.03 Å². The number of benzene rings is 2. The van der Waals surface area contributed by atoms with Crippen LogP contribution in [0, 0.1) is 6.92 Å². The van der Waals surface area contributed by atoms with E-state index in [9.17, 15) is 4.79 Å². The van der Waals surface area contributed by atoms with Crippen LogP contribution in [0.2, 0.25) is 0 Å². The Morgan fingerprint density at radius 3 is 2.44 bits per heavy atom. The molecule has 3 aromatic rings. The number of hydrogen-bond acceptors (Lipinski definition) is 4. The van der Waals surface area contributed by atoms with E-state index in [1.54, 1.807) is 12.4 Å². The highest BCUT2D eigenvalue weighted by Gasteiger charge is 2.23. The van der Waals surface area contributed by atoms with Gasteiger partial charge in [-0.15, -0.1) is 0 Å². The molecule has 1 aromatic heterocycles. The fourth-order valence-corrected chi connectivity index (χ4v) is 3.98. The monoisotopic (exact) mass is 429 g/mol. The zero-order valence-corrected chi connectivity index (χ0v) is 19.2. The number of nitrogens with zero attached hydrogens (tertiary/aromatic N) is 5. The average Bonchev–Trinajstić information content (AvgIpc) is 3.30. The lowest BCUT2D eigenvalue weighted by Gasteiger charge is -2.34. The molecule has 2 heterocycles. The lowest BCUT2D eigenvalue weighted by molar-refractivity contribution is 0.134. The van der Waals surface area contributed by atoms with Gasteiger partial charge in [0.1, 0.15) is 0 Å². The van der Waals surface area contributed by atoms with E-state index in [1.165, 1.54) is 26.9 Å². The first-order valence-electron chi connectivity index (χ1n) is 11.0. The van der Waals surface area contributed by atoms with Gasteiger partial charge in [-0.2, -0.15) is 9.78 Å². The second kappa shape index (κ2) is 9.40. The lowest BCUT2D eigenvalue weighted by atomic mass is 9.99. The standard InChI is InChI=1S/C26H31N5O/c1-20(2)28(4)25-17-27-31(19-25)26(32)30-14-12-29(13-15-30)18-24-11-10-23(16-21(24)3)22-8-6-5-7-9-22/h5-11,16-17,19H,1,12-15,18H2,2-4H3. The van der Waals surface area contributed by atoms with Crippen molar-refractivity contribution in [1.29, 1.82) is 0 Å². The highest BCUT2D eigenvalue weighted by molar-refractivity contribution is 5.77. The number of carbonyl (C=O) groups is 1. The van der Waals surface area contributed by atoms with Crippen molar-refractivity contribution in [3.63, 3.8) is 0 Å². The highest BCUT2D eigenvalue weighted by Crippen LogP contribution is 2.23. The van der Waals surface area contributed by atoms with Gasteiger partial charge in [0.15, 0.2) is 0 Å². The Balaban J connectivity index is 1.34. The zero-order valence-electron chi connectivity index (χ0n) is 19.2. The van der Waals surface area contributed by atoms with E-state index in [4.69, 9.17) is 0 Å². The molecule has 0 saturated carbocycles. The summed E-state index contributed by atoms with van der Waals surface area (Å²) in [5.74, 6) is 0. The number of amides is 1. The number of aromatic nitrogens is 2. The molecule has 1 aliphatic rings. The second-order valence-electron chi connectivity index (χ2n) is 8.49. The van der Waals surface area contributed by atoms with Gasteiger partial charge in [-0.3, -0.25) is 4.90 Å².